The number of aryl methyl sites for hydroxylation is 1. The molecule has 1 unspecified atom stereocenters. The molecule has 1 aliphatic heterocycles. The first-order chi connectivity index (χ1) is 16.6. The van der Waals surface area contributed by atoms with Gasteiger partial charge < -0.3 is 19.7 Å². The standard InChI is InChI=1S/C28H30N2O4/c1-29-28(32)24(18-21-8-4-2-5-9-21)30(20-23-10-6-3-7-11-23)27(31)15-13-22-12-14-25-26(19-22)34-17-16-33-25/h2-12,14,19,24H,13,15-18,20H2,1H3,(H,29,32). The van der Waals surface area contributed by atoms with Crippen LogP contribution in [0.4, 0.5) is 0 Å². The van der Waals surface area contributed by atoms with Gasteiger partial charge >= 0.3 is 0 Å². The predicted octanol–water partition coefficient (Wildman–Crippen LogP) is 3.78. The van der Waals surface area contributed by atoms with Gasteiger partial charge in [0.2, 0.25) is 11.8 Å². The van der Waals surface area contributed by atoms with Gasteiger partial charge in [0.25, 0.3) is 0 Å². The molecule has 0 spiro atoms. The van der Waals surface area contributed by atoms with Crippen LogP contribution in [0.2, 0.25) is 0 Å². The summed E-state index contributed by atoms with van der Waals surface area (Å²) in [6.07, 6.45) is 1.28. The Morgan fingerprint density at radius 1 is 0.853 bits per heavy atom. The number of benzene rings is 3. The molecule has 1 atom stereocenters. The summed E-state index contributed by atoms with van der Waals surface area (Å²) in [5, 5.41) is 2.75. The molecule has 1 heterocycles. The van der Waals surface area contributed by atoms with E-state index < -0.39 is 6.04 Å². The zero-order valence-electron chi connectivity index (χ0n) is 19.4. The normalized spacial score (nSPS) is 13.1. The second-order valence-electron chi connectivity index (χ2n) is 8.31. The second-order valence-corrected chi connectivity index (χ2v) is 8.31. The molecular weight excluding hydrogens is 428 g/mol. The number of rotatable bonds is 9. The number of carbonyl (C=O) groups excluding carboxylic acids is 2. The van der Waals surface area contributed by atoms with Crippen LogP contribution < -0.4 is 14.8 Å². The number of ether oxygens (including phenoxy) is 2. The minimum atomic E-state index is -0.611. The zero-order chi connectivity index (χ0) is 23.8. The van der Waals surface area contributed by atoms with Crippen molar-refractivity contribution in [1.29, 1.82) is 0 Å². The Labute approximate surface area is 200 Å². The summed E-state index contributed by atoms with van der Waals surface area (Å²) in [5.74, 6) is 1.20. The van der Waals surface area contributed by atoms with E-state index >= 15 is 0 Å². The van der Waals surface area contributed by atoms with E-state index in [-0.39, 0.29) is 18.2 Å². The number of carbonyl (C=O) groups is 2. The first kappa shape index (κ1) is 23.4. The summed E-state index contributed by atoms with van der Waals surface area (Å²) < 4.78 is 11.3. The minimum absolute atomic E-state index is 0.0664. The van der Waals surface area contributed by atoms with Crippen molar-refractivity contribution in [2.45, 2.75) is 31.8 Å². The lowest BCUT2D eigenvalue weighted by atomic mass is 10.0. The highest BCUT2D eigenvalue weighted by molar-refractivity contribution is 5.88. The van der Waals surface area contributed by atoms with Gasteiger partial charge in [-0.05, 0) is 35.2 Å². The maximum atomic E-state index is 13.6. The fourth-order valence-corrected chi connectivity index (χ4v) is 4.14. The molecule has 6 nitrogen and oxygen atoms in total. The Balaban J connectivity index is 1.54. The van der Waals surface area contributed by atoms with E-state index in [1.807, 2.05) is 78.9 Å². The third kappa shape index (κ3) is 5.95. The van der Waals surface area contributed by atoms with E-state index in [0.29, 0.717) is 38.3 Å². The molecular formula is C28H30N2O4. The number of hydrogen-bond acceptors (Lipinski definition) is 4. The molecule has 1 aliphatic rings. The molecule has 3 aromatic carbocycles. The van der Waals surface area contributed by atoms with E-state index in [0.717, 1.165) is 22.4 Å². The van der Waals surface area contributed by atoms with Gasteiger partial charge in [-0.2, -0.15) is 0 Å². The molecule has 0 aromatic heterocycles. The third-order valence-corrected chi connectivity index (χ3v) is 5.95. The van der Waals surface area contributed by atoms with Crippen molar-refractivity contribution >= 4 is 11.8 Å². The van der Waals surface area contributed by atoms with Crippen molar-refractivity contribution < 1.29 is 19.1 Å². The van der Waals surface area contributed by atoms with Gasteiger partial charge in [-0.15, -0.1) is 0 Å². The van der Waals surface area contributed by atoms with Crippen LogP contribution in [-0.4, -0.2) is 43.0 Å². The lowest BCUT2D eigenvalue weighted by Gasteiger charge is -2.31. The number of nitrogens with one attached hydrogen (secondary N) is 1. The Bertz CT molecular complexity index is 1100. The molecule has 0 aliphatic carbocycles. The Morgan fingerprint density at radius 2 is 1.50 bits per heavy atom. The molecule has 2 amide bonds. The van der Waals surface area contributed by atoms with Crippen molar-refractivity contribution in [2.24, 2.45) is 0 Å². The van der Waals surface area contributed by atoms with Crippen LogP contribution >= 0.6 is 0 Å². The Hall–Kier alpha value is -3.80. The highest BCUT2D eigenvalue weighted by atomic mass is 16.6. The van der Waals surface area contributed by atoms with E-state index in [4.69, 9.17) is 9.47 Å². The summed E-state index contributed by atoms with van der Waals surface area (Å²) in [6, 6.07) is 24.8. The van der Waals surface area contributed by atoms with Gasteiger partial charge in [0, 0.05) is 26.4 Å². The van der Waals surface area contributed by atoms with Crippen molar-refractivity contribution in [3.05, 3.63) is 95.6 Å². The summed E-state index contributed by atoms with van der Waals surface area (Å²) >= 11 is 0. The van der Waals surface area contributed by atoms with Crippen LogP contribution in [0.25, 0.3) is 0 Å². The largest absolute Gasteiger partial charge is 0.486 e. The summed E-state index contributed by atoms with van der Waals surface area (Å²) in [7, 11) is 1.61. The molecule has 1 N–H and O–H groups in total. The lowest BCUT2D eigenvalue weighted by molar-refractivity contribution is -0.141. The molecule has 34 heavy (non-hydrogen) atoms. The van der Waals surface area contributed by atoms with Crippen molar-refractivity contribution in [3.8, 4) is 11.5 Å². The summed E-state index contributed by atoms with van der Waals surface area (Å²) in [6.45, 7) is 1.43. The highest BCUT2D eigenvalue weighted by Gasteiger charge is 2.29. The number of amides is 2. The molecule has 4 rings (SSSR count). The zero-order valence-corrected chi connectivity index (χ0v) is 19.4. The van der Waals surface area contributed by atoms with Gasteiger partial charge in [-0.3, -0.25) is 9.59 Å². The van der Waals surface area contributed by atoms with E-state index in [9.17, 15) is 9.59 Å². The van der Waals surface area contributed by atoms with E-state index in [1.54, 1.807) is 11.9 Å². The third-order valence-electron chi connectivity index (χ3n) is 5.95. The van der Waals surface area contributed by atoms with Crippen molar-refractivity contribution in [2.75, 3.05) is 20.3 Å². The first-order valence-electron chi connectivity index (χ1n) is 11.6. The Kier molecular flexibility index (Phi) is 7.81. The number of fused-ring (bicyclic) bond motifs is 1. The molecule has 6 heteroatoms. The maximum absolute atomic E-state index is 13.6. The van der Waals surface area contributed by atoms with Gasteiger partial charge in [0.15, 0.2) is 11.5 Å². The smallest absolute Gasteiger partial charge is 0.242 e. The molecule has 0 radical (unpaired) electrons. The summed E-state index contributed by atoms with van der Waals surface area (Å²) in [4.78, 5) is 28.2. The van der Waals surface area contributed by atoms with Crippen molar-refractivity contribution in [1.82, 2.24) is 10.2 Å². The average molecular weight is 459 g/mol. The fourth-order valence-electron chi connectivity index (χ4n) is 4.14. The molecule has 0 bridgehead atoms. The van der Waals surface area contributed by atoms with Gasteiger partial charge in [0.1, 0.15) is 19.3 Å². The van der Waals surface area contributed by atoms with Gasteiger partial charge in [0.05, 0.1) is 0 Å². The first-order valence-corrected chi connectivity index (χ1v) is 11.6. The van der Waals surface area contributed by atoms with Crippen LogP contribution in [-0.2, 0) is 29.0 Å². The molecule has 0 fully saturated rings. The quantitative estimate of drug-likeness (QED) is 0.530. The topological polar surface area (TPSA) is 67.9 Å². The average Bonchev–Trinajstić information content (AvgIpc) is 2.90. The SMILES string of the molecule is CNC(=O)C(Cc1ccccc1)N(Cc1ccccc1)C(=O)CCc1ccc2c(c1)OCCO2. The van der Waals surface area contributed by atoms with Crippen LogP contribution in [0.1, 0.15) is 23.1 Å². The molecule has 0 saturated carbocycles. The minimum Gasteiger partial charge on any atom is -0.486 e. The van der Waals surface area contributed by atoms with Gasteiger partial charge in [-0.25, -0.2) is 0 Å². The lowest BCUT2D eigenvalue weighted by Crippen LogP contribution is -2.49. The molecule has 3 aromatic rings. The monoisotopic (exact) mass is 458 g/mol. The fraction of sp³-hybridized carbons (Fsp3) is 0.286. The maximum Gasteiger partial charge on any atom is 0.242 e. The number of likely N-dealkylation sites (N-methyl/N-ethyl adjacent to an activating group) is 1. The predicted molar refractivity (Wildman–Crippen MR) is 131 cm³/mol. The van der Waals surface area contributed by atoms with Crippen molar-refractivity contribution in [3.63, 3.8) is 0 Å². The van der Waals surface area contributed by atoms with Crippen LogP contribution in [0.3, 0.4) is 0 Å². The number of hydrogen-bond donors (Lipinski definition) is 1. The molecule has 0 saturated heterocycles. The van der Waals surface area contributed by atoms with Crippen LogP contribution in [0.15, 0.2) is 78.9 Å². The second kappa shape index (κ2) is 11.4. The van der Waals surface area contributed by atoms with E-state index in [1.165, 1.54) is 0 Å². The highest BCUT2D eigenvalue weighted by Crippen LogP contribution is 2.31. The van der Waals surface area contributed by atoms with Gasteiger partial charge in [-0.1, -0.05) is 66.7 Å². The van der Waals surface area contributed by atoms with Crippen LogP contribution in [0, 0.1) is 0 Å². The summed E-state index contributed by atoms with van der Waals surface area (Å²) in [5.41, 5.74) is 2.99. The van der Waals surface area contributed by atoms with E-state index in [2.05, 4.69) is 5.32 Å². The van der Waals surface area contributed by atoms with Crippen LogP contribution in [0.5, 0.6) is 11.5 Å². The molecule has 176 valence electrons. The Morgan fingerprint density at radius 3 is 2.18 bits per heavy atom. The number of nitrogens with zero attached hydrogens (tertiary/aromatic N) is 1.